The number of nitrogens with one attached hydrogen (secondary N) is 1. The fourth-order valence-electron chi connectivity index (χ4n) is 2.09. The van der Waals surface area contributed by atoms with Crippen molar-refractivity contribution in [3.8, 4) is 0 Å². The molecule has 1 atom stereocenters. The van der Waals surface area contributed by atoms with E-state index in [0.717, 1.165) is 6.42 Å². The molecule has 0 spiro atoms. The zero-order chi connectivity index (χ0) is 15.2. The number of benzene rings is 1. The van der Waals surface area contributed by atoms with Crippen molar-refractivity contribution in [1.82, 2.24) is 4.98 Å². The average molecular weight is 285 g/mol. The standard InChI is InChI=1S/C16H19N3O2/c1-11(12-5-3-2-4-6-12)9-10-18-15-13(17)7-8-14(19-15)16(20)21/h2-8,11H,9-10,17H2,1H3,(H,18,19)(H,20,21). The van der Waals surface area contributed by atoms with Crippen LogP contribution in [-0.4, -0.2) is 22.6 Å². The third-order valence-corrected chi connectivity index (χ3v) is 3.38. The molecule has 2 rings (SSSR count). The molecule has 21 heavy (non-hydrogen) atoms. The van der Waals surface area contributed by atoms with Gasteiger partial charge in [0.25, 0.3) is 0 Å². The zero-order valence-electron chi connectivity index (χ0n) is 11.9. The molecule has 1 heterocycles. The third kappa shape index (κ3) is 3.95. The van der Waals surface area contributed by atoms with Crippen molar-refractivity contribution in [2.75, 3.05) is 17.6 Å². The average Bonchev–Trinajstić information content (AvgIpc) is 2.49. The van der Waals surface area contributed by atoms with Gasteiger partial charge in [-0.15, -0.1) is 0 Å². The number of carboxylic acids is 1. The van der Waals surface area contributed by atoms with Crippen LogP contribution in [0.1, 0.15) is 35.3 Å². The van der Waals surface area contributed by atoms with Gasteiger partial charge in [-0.25, -0.2) is 9.78 Å². The topological polar surface area (TPSA) is 88.2 Å². The Morgan fingerprint density at radius 2 is 2.00 bits per heavy atom. The Morgan fingerprint density at radius 1 is 1.29 bits per heavy atom. The number of nitrogen functional groups attached to an aromatic ring is 1. The summed E-state index contributed by atoms with van der Waals surface area (Å²) in [5.74, 6) is -0.228. The molecule has 0 bridgehead atoms. The van der Waals surface area contributed by atoms with Gasteiger partial charge in [-0.3, -0.25) is 0 Å². The van der Waals surface area contributed by atoms with Crippen molar-refractivity contribution in [2.45, 2.75) is 19.3 Å². The number of hydrogen-bond acceptors (Lipinski definition) is 4. The summed E-state index contributed by atoms with van der Waals surface area (Å²) in [4.78, 5) is 14.9. The van der Waals surface area contributed by atoms with E-state index in [1.165, 1.54) is 11.6 Å². The minimum absolute atomic E-state index is 0.0113. The van der Waals surface area contributed by atoms with Crippen LogP contribution in [0.4, 0.5) is 11.5 Å². The van der Waals surface area contributed by atoms with Gasteiger partial charge in [0.05, 0.1) is 5.69 Å². The van der Waals surface area contributed by atoms with Gasteiger partial charge < -0.3 is 16.2 Å². The highest BCUT2D eigenvalue weighted by Gasteiger charge is 2.09. The van der Waals surface area contributed by atoms with Crippen molar-refractivity contribution < 1.29 is 9.90 Å². The summed E-state index contributed by atoms with van der Waals surface area (Å²) in [6.07, 6.45) is 0.905. The maximum Gasteiger partial charge on any atom is 0.354 e. The molecule has 0 saturated heterocycles. The first-order valence-electron chi connectivity index (χ1n) is 6.86. The second-order valence-corrected chi connectivity index (χ2v) is 4.97. The molecule has 1 aromatic heterocycles. The molecule has 0 aliphatic rings. The summed E-state index contributed by atoms with van der Waals surface area (Å²) in [6.45, 7) is 2.83. The number of aromatic nitrogens is 1. The van der Waals surface area contributed by atoms with Gasteiger partial charge in [0.2, 0.25) is 0 Å². The number of carboxylic acid groups (broad SMARTS) is 1. The second-order valence-electron chi connectivity index (χ2n) is 4.97. The van der Waals surface area contributed by atoms with E-state index in [-0.39, 0.29) is 5.69 Å². The number of pyridine rings is 1. The van der Waals surface area contributed by atoms with Gasteiger partial charge >= 0.3 is 5.97 Å². The molecule has 0 aliphatic heterocycles. The lowest BCUT2D eigenvalue weighted by atomic mass is 9.98. The monoisotopic (exact) mass is 285 g/mol. The number of carbonyl (C=O) groups is 1. The molecule has 0 aliphatic carbocycles. The highest BCUT2D eigenvalue weighted by molar-refractivity contribution is 5.86. The van der Waals surface area contributed by atoms with Crippen LogP contribution in [0.2, 0.25) is 0 Å². The molecule has 0 radical (unpaired) electrons. The molecule has 0 amide bonds. The number of nitrogens with two attached hydrogens (primary N) is 1. The second kappa shape index (κ2) is 6.74. The smallest absolute Gasteiger partial charge is 0.354 e. The molecule has 5 nitrogen and oxygen atoms in total. The molecule has 4 N–H and O–H groups in total. The number of aromatic carboxylic acids is 1. The quantitative estimate of drug-likeness (QED) is 0.759. The molecular weight excluding hydrogens is 266 g/mol. The van der Waals surface area contributed by atoms with Crippen molar-refractivity contribution in [1.29, 1.82) is 0 Å². The number of hydrogen-bond donors (Lipinski definition) is 3. The van der Waals surface area contributed by atoms with E-state index >= 15 is 0 Å². The number of anilines is 2. The lowest BCUT2D eigenvalue weighted by molar-refractivity contribution is 0.0690. The van der Waals surface area contributed by atoms with Gasteiger partial charge in [-0.05, 0) is 30.0 Å². The van der Waals surface area contributed by atoms with Crippen LogP contribution >= 0.6 is 0 Å². The van der Waals surface area contributed by atoms with E-state index in [0.29, 0.717) is 24.0 Å². The summed E-state index contributed by atoms with van der Waals surface area (Å²) in [7, 11) is 0. The molecule has 0 fully saturated rings. The van der Waals surface area contributed by atoms with Crippen LogP contribution in [0.15, 0.2) is 42.5 Å². The maximum absolute atomic E-state index is 10.9. The SMILES string of the molecule is CC(CCNc1nc(C(=O)O)ccc1N)c1ccccc1. The molecule has 1 unspecified atom stereocenters. The Morgan fingerprint density at radius 3 is 2.67 bits per heavy atom. The summed E-state index contributed by atoms with van der Waals surface area (Å²) >= 11 is 0. The molecule has 2 aromatic rings. The van der Waals surface area contributed by atoms with Crippen LogP contribution in [0.25, 0.3) is 0 Å². The van der Waals surface area contributed by atoms with Crippen LogP contribution in [0.3, 0.4) is 0 Å². The van der Waals surface area contributed by atoms with Gasteiger partial charge in [0.15, 0.2) is 5.69 Å². The molecule has 110 valence electrons. The van der Waals surface area contributed by atoms with Crippen LogP contribution in [-0.2, 0) is 0 Å². The number of nitrogens with zero attached hydrogens (tertiary/aromatic N) is 1. The highest BCUT2D eigenvalue weighted by Crippen LogP contribution is 2.20. The third-order valence-electron chi connectivity index (χ3n) is 3.38. The fraction of sp³-hybridized carbons (Fsp3) is 0.250. The van der Waals surface area contributed by atoms with Crippen LogP contribution in [0, 0.1) is 0 Å². The molecule has 0 saturated carbocycles. The molecule has 1 aromatic carbocycles. The Labute approximate surface area is 123 Å². The van der Waals surface area contributed by atoms with E-state index in [1.54, 1.807) is 6.07 Å². The van der Waals surface area contributed by atoms with Crippen LogP contribution < -0.4 is 11.1 Å². The highest BCUT2D eigenvalue weighted by atomic mass is 16.4. The lowest BCUT2D eigenvalue weighted by Gasteiger charge is -2.13. The van der Waals surface area contributed by atoms with E-state index in [2.05, 4.69) is 29.4 Å². The van der Waals surface area contributed by atoms with Crippen molar-refractivity contribution in [3.05, 3.63) is 53.7 Å². The van der Waals surface area contributed by atoms with E-state index < -0.39 is 5.97 Å². The largest absolute Gasteiger partial charge is 0.477 e. The summed E-state index contributed by atoms with van der Waals surface area (Å²) in [5.41, 5.74) is 7.52. The first-order valence-corrected chi connectivity index (χ1v) is 6.86. The summed E-state index contributed by atoms with van der Waals surface area (Å²) in [5, 5.41) is 12.0. The van der Waals surface area contributed by atoms with Gasteiger partial charge in [-0.2, -0.15) is 0 Å². The molecule has 5 heteroatoms. The van der Waals surface area contributed by atoms with Crippen molar-refractivity contribution in [3.63, 3.8) is 0 Å². The maximum atomic E-state index is 10.9. The minimum Gasteiger partial charge on any atom is -0.477 e. The van der Waals surface area contributed by atoms with Gasteiger partial charge in [-0.1, -0.05) is 37.3 Å². The van der Waals surface area contributed by atoms with E-state index in [9.17, 15) is 4.79 Å². The Kier molecular flexibility index (Phi) is 4.77. The fourth-order valence-corrected chi connectivity index (χ4v) is 2.09. The van der Waals surface area contributed by atoms with Crippen molar-refractivity contribution >= 4 is 17.5 Å². The zero-order valence-corrected chi connectivity index (χ0v) is 11.9. The molecular formula is C16H19N3O2. The van der Waals surface area contributed by atoms with E-state index in [1.807, 2.05) is 18.2 Å². The predicted molar refractivity (Wildman–Crippen MR) is 83.6 cm³/mol. The number of rotatable bonds is 6. The first-order chi connectivity index (χ1) is 10.1. The minimum atomic E-state index is -1.06. The van der Waals surface area contributed by atoms with Crippen LogP contribution in [0.5, 0.6) is 0 Å². The van der Waals surface area contributed by atoms with E-state index in [4.69, 9.17) is 10.8 Å². The van der Waals surface area contributed by atoms with Gasteiger partial charge in [0, 0.05) is 6.54 Å². The summed E-state index contributed by atoms with van der Waals surface area (Å²) < 4.78 is 0. The Balaban J connectivity index is 1.94. The predicted octanol–water partition coefficient (Wildman–Crippen LogP) is 2.97. The summed E-state index contributed by atoms with van der Waals surface area (Å²) in [6, 6.07) is 13.2. The first kappa shape index (κ1) is 14.8. The lowest BCUT2D eigenvalue weighted by Crippen LogP contribution is -2.11. The Hall–Kier alpha value is -2.56. The van der Waals surface area contributed by atoms with Crippen molar-refractivity contribution in [2.24, 2.45) is 0 Å². The Bertz CT molecular complexity index is 614. The normalized spacial score (nSPS) is 11.9. The van der Waals surface area contributed by atoms with Gasteiger partial charge in [0.1, 0.15) is 5.82 Å².